The molecule has 2 unspecified atom stereocenters. The molecule has 0 aliphatic heterocycles. The van der Waals surface area contributed by atoms with Crippen LogP contribution < -0.4 is 0 Å². The fourth-order valence-corrected chi connectivity index (χ4v) is 1.63. The summed E-state index contributed by atoms with van der Waals surface area (Å²) in [5.74, 6) is -0.421. The van der Waals surface area contributed by atoms with E-state index < -0.39 is 5.91 Å². The van der Waals surface area contributed by atoms with Crippen LogP contribution in [0, 0.1) is 23.7 Å². The van der Waals surface area contributed by atoms with E-state index in [1.807, 2.05) is 13.1 Å². The third-order valence-electron chi connectivity index (χ3n) is 2.51. The molecule has 5 heteroatoms. The van der Waals surface area contributed by atoms with Crippen LogP contribution in [0.25, 0.3) is 0 Å². The first kappa shape index (κ1) is 9.05. The van der Waals surface area contributed by atoms with Gasteiger partial charge in [-0.05, 0) is 24.8 Å². The SMILES string of the molecule is Cc1cnn(CC2CC2C(=O)N=O)c1. The second-order valence-corrected chi connectivity index (χ2v) is 3.77. The number of hydrogen-bond donors (Lipinski definition) is 0. The molecule has 1 aromatic rings. The summed E-state index contributed by atoms with van der Waals surface area (Å²) in [4.78, 5) is 20.8. The smallest absolute Gasteiger partial charge is 0.272 e. The van der Waals surface area contributed by atoms with E-state index in [2.05, 4.69) is 10.3 Å². The lowest BCUT2D eigenvalue weighted by molar-refractivity contribution is -0.119. The van der Waals surface area contributed by atoms with Gasteiger partial charge in [-0.3, -0.25) is 9.48 Å². The Morgan fingerprint density at radius 1 is 1.79 bits per heavy atom. The van der Waals surface area contributed by atoms with E-state index in [-0.39, 0.29) is 11.8 Å². The summed E-state index contributed by atoms with van der Waals surface area (Å²) < 4.78 is 1.80. The van der Waals surface area contributed by atoms with Crippen molar-refractivity contribution in [2.45, 2.75) is 19.9 Å². The Labute approximate surface area is 81.1 Å². The summed E-state index contributed by atoms with van der Waals surface area (Å²) >= 11 is 0. The summed E-state index contributed by atoms with van der Waals surface area (Å²) in [6, 6.07) is 0. The lowest BCUT2D eigenvalue weighted by atomic mass is 10.3. The van der Waals surface area contributed by atoms with Crippen molar-refractivity contribution in [2.75, 3.05) is 0 Å². The normalized spacial score (nSPS) is 24.6. The second kappa shape index (κ2) is 3.32. The number of hydrogen-bond acceptors (Lipinski definition) is 3. The molecule has 0 radical (unpaired) electrons. The third kappa shape index (κ3) is 1.71. The fraction of sp³-hybridized carbons (Fsp3) is 0.556. The molecule has 1 aliphatic carbocycles. The molecular formula is C9H11N3O2. The largest absolute Gasteiger partial charge is 0.289 e. The van der Waals surface area contributed by atoms with E-state index in [0.29, 0.717) is 6.54 Å². The first-order valence-corrected chi connectivity index (χ1v) is 4.57. The summed E-state index contributed by atoms with van der Waals surface area (Å²) in [6.07, 6.45) is 4.47. The van der Waals surface area contributed by atoms with Crippen molar-refractivity contribution in [2.24, 2.45) is 17.0 Å². The number of carbonyl (C=O) groups excluding carboxylic acids is 1. The highest BCUT2D eigenvalue weighted by Crippen LogP contribution is 2.40. The van der Waals surface area contributed by atoms with E-state index >= 15 is 0 Å². The van der Waals surface area contributed by atoms with Gasteiger partial charge in [0, 0.05) is 23.8 Å². The van der Waals surface area contributed by atoms with Gasteiger partial charge in [-0.2, -0.15) is 5.10 Å². The lowest BCUT2D eigenvalue weighted by Crippen LogP contribution is -2.04. The van der Waals surface area contributed by atoms with Crippen LogP contribution in [0.2, 0.25) is 0 Å². The zero-order valence-electron chi connectivity index (χ0n) is 7.88. The van der Waals surface area contributed by atoms with Gasteiger partial charge >= 0.3 is 0 Å². The molecule has 1 heterocycles. The fourth-order valence-electron chi connectivity index (χ4n) is 1.63. The molecule has 2 rings (SSSR count). The van der Waals surface area contributed by atoms with E-state index in [1.165, 1.54) is 0 Å². The first-order chi connectivity index (χ1) is 6.70. The van der Waals surface area contributed by atoms with E-state index in [4.69, 9.17) is 0 Å². The maximum absolute atomic E-state index is 10.9. The van der Waals surface area contributed by atoms with Crippen molar-refractivity contribution < 1.29 is 4.79 Å². The molecule has 1 aromatic heterocycles. The lowest BCUT2D eigenvalue weighted by Gasteiger charge is -1.97. The molecule has 0 bridgehead atoms. The highest BCUT2D eigenvalue weighted by atomic mass is 16.3. The average Bonchev–Trinajstić information content (AvgIpc) is 2.81. The van der Waals surface area contributed by atoms with E-state index in [1.54, 1.807) is 10.9 Å². The number of nitroso groups, excluding NO2 is 1. The molecule has 1 saturated carbocycles. The highest BCUT2D eigenvalue weighted by Gasteiger charge is 2.43. The van der Waals surface area contributed by atoms with Crippen LogP contribution >= 0.6 is 0 Å². The van der Waals surface area contributed by atoms with Gasteiger partial charge in [-0.25, -0.2) is 0 Å². The molecule has 0 N–H and O–H groups in total. The molecule has 2 atom stereocenters. The average molecular weight is 193 g/mol. The quantitative estimate of drug-likeness (QED) is 0.675. The number of aromatic nitrogens is 2. The van der Waals surface area contributed by atoms with Gasteiger partial charge in [0.1, 0.15) is 0 Å². The van der Waals surface area contributed by atoms with Gasteiger partial charge < -0.3 is 0 Å². The van der Waals surface area contributed by atoms with E-state index in [9.17, 15) is 9.70 Å². The van der Waals surface area contributed by atoms with Gasteiger partial charge in [0.25, 0.3) is 5.91 Å². The van der Waals surface area contributed by atoms with Crippen LogP contribution in [0.1, 0.15) is 12.0 Å². The predicted molar refractivity (Wildman–Crippen MR) is 49.4 cm³/mol. The van der Waals surface area contributed by atoms with Crippen molar-refractivity contribution in [1.82, 2.24) is 9.78 Å². The van der Waals surface area contributed by atoms with Crippen molar-refractivity contribution in [3.05, 3.63) is 22.9 Å². The Bertz CT molecular complexity index is 372. The molecule has 1 fully saturated rings. The van der Waals surface area contributed by atoms with Crippen molar-refractivity contribution in [1.29, 1.82) is 0 Å². The van der Waals surface area contributed by atoms with Crippen molar-refractivity contribution >= 4 is 5.91 Å². The third-order valence-corrected chi connectivity index (χ3v) is 2.51. The van der Waals surface area contributed by atoms with Gasteiger partial charge in [0.15, 0.2) is 0 Å². The van der Waals surface area contributed by atoms with Gasteiger partial charge in [0.05, 0.1) is 6.20 Å². The molecule has 0 aromatic carbocycles. The molecule has 14 heavy (non-hydrogen) atoms. The minimum absolute atomic E-state index is 0.156. The summed E-state index contributed by atoms with van der Waals surface area (Å²) in [5, 5.41) is 6.54. The number of carbonyl (C=O) groups is 1. The Morgan fingerprint density at radius 2 is 2.57 bits per heavy atom. The van der Waals surface area contributed by atoms with Crippen LogP contribution in [0.15, 0.2) is 17.6 Å². The van der Waals surface area contributed by atoms with Gasteiger partial charge in [-0.15, -0.1) is 4.91 Å². The summed E-state index contributed by atoms with van der Waals surface area (Å²) in [7, 11) is 0. The van der Waals surface area contributed by atoms with Crippen LogP contribution in [0.4, 0.5) is 0 Å². The molecule has 0 saturated heterocycles. The van der Waals surface area contributed by atoms with Crippen LogP contribution in [-0.2, 0) is 11.3 Å². The second-order valence-electron chi connectivity index (χ2n) is 3.77. The van der Waals surface area contributed by atoms with Crippen LogP contribution in [0.5, 0.6) is 0 Å². The molecule has 5 nitrogen and oxygen atoms in total. The highest BCUT2D eigenvalue weighted by molar-refractivity contribution is 5.82. The number of amides is 1. The number of nitrogens with zero attached hydrogens (tertiary/aromatic N) is 3. The van der Waals surface area contributed by atoms with E-state index in [0.717, 1.165) is 12.0 Å². The summed E-state index contributed by atoms with van der Waals surface area (Å²) in [6.45, 7) is 2.67. The summed E-state index contributed by atoms with van der Waals surface area (Å²) in [5.41, 5.74) is 1.10. The van der Waals surface area contributed by atoms with Gasteiger partial charge in [-0.1, -0.05) is 0 Å². The number of rotatable bonds is 3. The maximum Gasteiger partial charge on any atom is 0.289 e. The minimum atomic E-state index is -0.515. The van der Waals surface area contributed by atoms with Crippen molar-refractivity contribution in [3.8, 4) is 0 Å². The Balaban J connectivity index is 1.90. The molecule has 0 spiro atoms. The van der Waals surface area contributed by atoms with Crippen LogP contribution in [-0.4, -0.2) is 15.7 Å². The molecule has 1 amide bonds. The molecular weight excluding hydrogens is 182 g/mol. The minimum Gasteiger partial charge on any atom is -0.272 e. The zero-order chi connectivity index (χ0) is 10.1. The predicted octanol–water partition coefficient (Wildman–Crippen LogP) is 1.12. The Kier molecular flexibility index (Phi) is 2.15. The van der Waals surface area contributed by atoms with Crippen LogP contribution in [0.3, 0.4) is 0 Å². The number of aryl methyl sites for hydroxylation is 1. The molecule has 74 valence electrons. The molecule has 1 aliphatic rings. The monoisotopic (exact) mass is 193 g/mol. The van der Waals surface area contributed by atoms with Gasteiger partial charge in [0.2, 0.25) is 0 Å². The van der Waals surface area contributed by atoms with Crippen molar-refractivity contribution in [3.63, 3.8) is 0 Å². The first-order valence-electron chi connectivity index (χ1n) is 4.57. The standard InChI is InChI=1S/C9H11N3O2/c1-6-3-10-12(4-6)5-7-2-8(7)9(13)11-14/h3-4,7-8H,2,5H2,1H3. The zero-order valence-corrected chi connectivity index (χ0v) is 7.88. The Morgan fingerprint density at radius 3 is 3.14 bits per heavy atom. The topological polar surface area (TPSA) is 64.3 Å². The maximum atomic E-state index is 10.9. The Hall–Kier alpha value is -1.52.